The van der Waals surface area contributed by atoms with E-state index in [-0.39, 0.29) is 31.1 Å². The van der Waals surface area contributed by atoms with E-state index in [1.54, 1.807) is 23.1 Å². The van der Waals surface area contributed by atoms with Gasteiger partial charge in [0.1, 0.15) is 5.75 Å². The second-order valence-corrected chi connectivity index (χ2v) is 6.64. The molecule has 3 amide bonds. The Morgan fingerprint density at radius 1 is 1.24 bits per heavy atom. The minimum absolute atomic E-state index is 0.142. The molecule has 2 heterocycles. The van der Waals surface area contributed by atoms with Crippen LogP contribution >= 0.6 is 23.2 Å². The quantitative estimate of drug-likeness (QED) is 0.793. The molecule has 25 heavy (non-hydrogen) atoms. The van der Waals surface area contributed by atoms with E-state index in [4.69, 9.17) is 32.7 Å². The first-order valence-electron chi connectivity index (χ1n) is 7.80. The van der Waals surface area contributed by atoms with Crippen LogP contribution in [0.3, 0.4) is 0 Å². The smallest absolute Gasteiger partial charge is 0.417 e. The molecule has 0 bridgehead atoms. The third-order valence-electron chi connectivity index (χ3n) is 4.21. The molecular formula is C16H16Cl2N2O5. The molecule has 1 aromatic carbocycles. The molecule has 3 rings (SSSR count). The lowest BCUT2D eigenvalue weighted by molar-refractivity contribution is -0.135. The highest BCUT2D eigenvalue weighted by Gasteiger charge is 2.39. The second-order valence-electron chi connectivity index (χ2n) is 5.79. The molecule has 134 valence electrons. The summed E-state index contributed by atoms with van der Waals surface area (Å²) in [6.07, 6.45) is 0.443. The van der Waals surface area contributed by atoms with Crippen LogP contribution in [-0.2, 0) is 14.3 Å². The largest absolute Gasteiger partial charge is 0.482 e. The van der Waals surface area contributed by atoms with Crippen LogP contribution in [0.25, 0.3) is 0 Å². The van der Waals surface area contributed by atoms with Gasteiger partial charge in [-0.15, -0.1) is 0 Å². The van der Waals surface area contributed by atoms with Crippen molar-refractivity contribution in [1.82, 2.24) is 9.80 Å². The number of ether oxygens (including phenoxy) is 2. The van der Waals surface area contributed by atoms with Gasteiger partial charge in [-0.2, -0.15) is 0 Å². The number of piperidine rings is 1. The SMILES string of the molecule is O=C(COc1ccc(Cl)cc1Cl)N1CCC(N2C(=O)COC2=O)CC1. The Morgan fingerprint density at radius 3 is 2.56 bits per heavy atom. The molecule has 0 spiro atoms. The molecule has 1 aromatic rings. The van der Waals surface area contributed by atoms with E-state index >= 15 is 0 Å². The Morgan fingerprint density at radius 2 is 1.96 bits per heavy atom. The molecule has 0 radical (unpaired) electrons. The van der Waals surface area contributed by atoms with Gasteiger partial charge in [-0.25, -0.2) is 9.69 Å². The number of halogens is 2. The lowest BCUT2D eigenvalue weighted by Gasteiger charge is -2.34. The number of rotatable bonds is 4. The molecule has 0 aliphatic carbocycles. The van der Waals surface area contributed by atoms with Gasteiger partial charge in [0.15, 0.2) is 13.2 Å². The summed E-state index contributed by atoms with van der Waals surface area (Å²) in [5, 5.41) is 0.825. The highest BCUT2D eigenvalue weighted by atomic mass is 35.5. The Kier molecular flexibility index (Phi) is 5.34. The maximum absolute atomic E-state index is 12.3. The maximum atomic E-state index is 12.3. The highest BCUT2D eigenvalue weighted by molar-refractivity contribution is 6.35. The number of imide groups is 1. The van der Waals surface area contributed by atoms with Crippen molar-refractivity contribution >= 4 is 41.1 Å². The van der Waals surface area contributed by atoms with E-state index in [0.717, 1.165) is 4.90 Å². The lowest BCUT2D eigenvalue weighted by Crippen LogP contribution is -2.49. The zero-order valence-corrected chi connectivity index (χ0v) is 14.8. The predicted molar refractivity (Wildman–Crippen MR) is 89.8 cm³/mol. The number of nitrogens with zero attached hydrogens (tertiary/aromatic N) is 2. The van der Waals surface area contributed by atoms with Gasteiger partial charge >= 0.3 is 6.09 Å². The Balaban J connectivity index is 1.50. The fourth-order valence-corrected chi connectivity index (χ4v) is 3.38. The second kappa shape index (κ2) is 7.49. The van der Waals surface area contributed by atoms with E-state index < -0.39 is 6.09 Å². The van der Waals surface area contributed by atoms with Crippen molar-refractivity contribution in [2.75, 3.05) is 26.3 Å². The fraction of sp³-hybridized carbons (Fsp3) is 0.438. The van der Waals surface area contributed by atoms with Crippen molar-refractivity contribution in [3.05, 3.63) is 28.2 Å². The zero-order valence-electron chi connectivity index (χ0n) is 13.2. The Bertz CT molecular complexity index is 688. The minimum atomic E-state index is -0.601. The van der Waals surface area contributed by atoms with E-state index in [9.17, 15) is 14.4 Å². The van der Waals surface area contributed by atoms with Crippen LogP contribution in [0.15, 0.2) is 18.2 Å². The van der Waals surface area contributed by atoms with E-state index in [1.165, 1.54) is 0 Å². The van der Waals surface area contributed by atoms with Crippen molar-refractivity contribution < 1.29 is 23.9 Å². The summed E-state index contributed by atoms with van der Waals surface area (Å²) in [7, 11) is 0. The normalized spacial score (nSPS) is 18.5. The van der Waals surface area contributed by atoms with E-state index in [2.05, 4.69) is 0 Å². The van der Waals surface area contributed by atoms with Crippen molar-refractivity contribution in [3.8, 4) is 5.75 Å². The molecule has 0 saturated carbocycles. The molecule has 2 aliphatic rings. The third-order valence-corrected chi connectivity index (χ3v) is 4.74. The van der Waals surface area contributed by atoms with Crippen LogP contribution in [-0.4, -0.2) is 60.1 Å². The molecule has 2 saturated heterocycles. The standard InChI is InChI=1S/C16H16Cl2N2O5/c17-10-1-2-13(12(18)7-10)24-8-14(21)19-5-3-11(4-6-19)20-15(22)9-25-16(20)23/h1-2,7,11H,3-6,8-9H2. The first-order chi connectivity index (χ1) is 12.0. The average Bonchev–Trinajstić information content (AvgIpc) is 2.92. The molecule has 7 nitrogen and oxygen atoms in total. The maximum Gasteiger partial charge on any atom is 0.417 e. The number of hydrogen-bond acceptors (Lipinski definition) is 5. The Labute approximate surface area is 154 Å². The monoisotopic (exact) mass is 386 g/mol. The van der Waals surface area contributed by atoms with Gasteiger partial charge in [-0.3, -0.25) is 9.59 Å². The molecule has 2 aliphatic heterocycles. The molecule has 0 aromatic heterocycles. The summed E-state index contributed by atoms with van der Waals surface area (Å²) in [5.41, 5.74) is 0. The zero-order chi connectivity index (χ0) is 18.0. The van der Waals surface area contributed by atoms with Gasteiger partial charge in [-0.1, -0.05) is 23.2 Å². The molecular weight excluding hydrogens is 371 g/mol. The van der Waals surface area contributed by atoms with Crippen molar-refractivity contribution in [3.63, 3.8) is 0 Å². The van der Waals surface area contributed by atoms with Gasteiger partial charge in [0.05, 0.1) is 5.02 Å². The number of hydrogen-bond donors (Lipinski definition) is 0. The average molecular weight is 387 g/mol. The van der Waals surface area contributed by atoms with Crippen molar-refractivity contribution in [1.29, 1.82) is 0 Å². The first-order valence-corrected chi connectivity index (χ1v) is 8.55. The minimum Gasteiger partial charge on any atom is -0.482 e. The Hall–Kier alpha value is -1.99. The topological polar surface area (TPSA) is 76.2 Å². The third kappa shape index (κ3) is 3.99. The summed E-state index contributed by atoms with van der Waals surface area (Å²) >= 11 is 11.8. The summed E-state index contributed by atoms with van der Waals surface area (Å²) in [6, 6.07) is 4.55. The van der Waals surface area contributed by atoms with E-state index in [0.29, 0.717) is 41.7 Å². The van der Waals surface area contributed by atoms with Crippen molar-refractivity contribution in [2.24, 2.45) is 0 Å². The van der Waals surface area contributed by atoms with Crippen LogP contribution in [0.1, 0.15) is 12.8 Å². The number of amides is 3. The van der Waals surface area contributed by atoms with Gasteiger partial charge in [0.25, 0.3) is 11.8 Å². The summed E-state index contributed by atoms with van der Waals surface area (Å²) < 4.78 is 10.2. The highest BCUT2D eigenvalue weighted by Crippen LogP contribution is 2.27. The molecule has 0 N–H and O–H groups in total. The van der Waals surface area contributed by atoms with Gasteiger partial charge in [0.2, 0.25) is 0 Å². The van der Waals surface area contributed by atoms with Gasteiger partial charge in [0, 0.05) is 24.2 Å². The van der Waals surface area contributed by atoms with Crippen LogP contribution in [0.2, 0.25) is 10.0 Å². The first kappa shape index (κ1) is 17.8. The number of likely N-dealkylation sites (tertiary alicyclic amines) is 1. The number of carbonyl (C=O) groups is 3. The lowest BCUT2D eigenvalue weighted by atomic mass is 10.0. The molecule has 2 fully saturated rings. The van der Waals surface area contributed by atoms with E-state index in [1.807, 2.05) is 0 Å². The molecule has 0 unspecified atom stereocenters. The predicted octanol–water partition coefficient (Wildman–Crippen LogP) is 2.34. The molecule has 0 atom stereocenters. The van der Waals surface area contributed by atoms with Gasteiger partial charge in [-0.05, 0) is 31.0 Å². The molecule has 9 heteroatoms. The van der Waals surface area contributed by atoms with Crippen molar-refractivity contribution in [2.45, 2.75) is 18.9 Å². The summed E-state index contributed by atoms with van der Waals surface area (Å²) in [5.74, 6) is -0.116. The summed E-state index contributed by atoms with van der Waals surface area (Å²) in [6.45, 7) is 0.543. The number of cyclic esters (lactones) is 1. The van der Waals surface area contributed by atoms with Crippen LogP contribution in [0.4, 0.5) is 4.79 Å². The fourth-order valence-electron chi connectivity index (χ4n) is 2.91. The number of carbonyl (C=O) groups excluding carboxylic acids is 3. The van der Waals surface area contributed by atoms with Crippen LogP contribution < -0.4 is 4.74 Å². The van der Waals surface area contributed by atoms with Crippen LogP contribution in [0, 0.1) is 0 Å². The summed E-state index contributed by atoms with van der Waals surface area (Å²) in [4.78, 5) is 38.3. The van der Waals surface area contributed by atoms with Gasteiger partial charge < -0.3 is 14.4 Å². The van der Waals surface area contributed by atoms with Crippen LogP contribution in [0.5, 0.6) is 5.75 Å². The number of benzene rings is 1.